The monoisotopic (exact) mass is 195 g/mol. The number of methoxy groups -OCH3 is 1. The van der Waals surface area contributed by atoms with Gasteiger partial charge in [0, 0.05) is 23.9 Å². The van der Waals surface area contributed by atoms with Gasteiger partial charge in [-0.15, -0.1) is 0 Å². The summed E-state index contributed by atoms with van der Waals surface area (Å²) in [6, 6.07) is 5.22. The molecule has 0 amide bonds. The first-order chi connectivity index (χ1) is 6.78. The molecule has 1 saturated carbocycles. The van der Waals surface area contributed by atoms with Gasteiger partial charge in [0.15, 0.2) is 0 Å². The minimum Gasteiger partial charge on any atom is -0.497 e. The van der Waals surface area contributed by atoms with Crippen LogP contribution in [0, 0.1) is 5.82 Å². The van der Waals surface area contributed by atoms with Crippen molar-refractivity contribution in [1.29, 1.82) is 0 Å². The minimum atomic E-state index is -0.258. The Bertz CT molecular complexity index is 323. The molecule has 1 aliphatic rings. The highest BCUT2D eigenvalue weighted by atomic mass is 19.1. The van der Waals surface area contributed by atoms with Crippen molar-refractivity contribution in [2.45, 2.75) is 25.3 Å². The molecule has 3 heteroatoms. The van der Waals surface area contributed by atoms with Gasteiger partial charge in [0.1, 0.15) is 11.6 Å². The summed E-state index contributed by atoms with van der Waals surface area (Å²) in [5, 5.41) is 3.27. The first-order valence-electron chi connectivity index (χ1n) is 4.89. The average molecular weight is 195 g/mol. The number of ether oxygens (including phenoxy) is 1. The summed E-state index contributed by atoms with van der Waals surface area (Å²) in [6.45, 7) is 0. The van der Waals surface area contributed by atoms with Crippen LogP contribution in [0.15, 0.2) is 18.2 Å². The van der Waals surface area contributed by atoms with Gasteiger partial charge in [-0.25, -0.2) is 4.39 Å². The second-order valence-electron chi connectivity index (χ2n) is 3.65. The highest BCUT2D eigenvalue weighted by molar-refractivity contribution is 5.49. The molecule has 14 heavy (non-hydrogen) atoms. The first-order valence-corrected chi connectivity index (χ1v) is 4.89. The Morgan fingerprint density at radius 1 is 1.36 bits per heavy atom. The summed E-state index contributed by atoms with van der Waals surface area (Å²) < 4.78 is 18.1. The van der Waals surface area contributed by atoms with Crippen molar-refractivity contribution in [2.24, 2.45) is 0 Å². The zero-order chi connectivity index (χ0) is 9.97. The molecule has 0 bridgehead atoms. The standard InChI is InChI=1S/C11H14FNO/c1-14-11-6-8(12)5-10(7-11)13-9-3-2-4-9/h5-7,9,13H,2-4H2,1H3. The molecule has 0 aromatic heterocycles. The van der Waals surface area contributed by atoms with Crippen LogP contribution >= 0.6 is 0 Å². The highest BCUT2D eigenvalue weighted by Crippen LogP contribution is 2.26. The van der Waals surface area contributed by atoms with Gasteiger partial charge < -0.3 is 10.1 Å². The molecule has 0 heterocycles. The maximum Gasteiger partial charge on any atom is 0.128 e. The van der Waals surface area contributed by atoms with Crippen molar-refractivity contribution in [1.82, 2.24) is 0 Å². The Morgan fingerprint density at radius 3 is 2.71 bits per heavy atom. The Balaban J connectivity index is 2.11. The van der Waals surface area contributed by atoms with Crippen molar-refractivity contribution >= 4 is 5.69 Å². The lowest BCUT2D eigenvalue weighted by Gasteiger charge is -2.27. The summed E-state index contributed by atoms with van der Waals surface area (Å²) in [7, 11) is 1.54. The number of hydrogen-bond donors (Lipinski definition) is 1. The zero-order valence-electron chi connectivity index (χ0n) is 8.22. The van der Waals surface area contributed by atoms with Crippen LogP contribution in [0.1, 0.15) is 19.3 Å². The molecule has 0 spiro atoms. The van der Waals surface area contributed by atoms with Crippen molar-refractivity contribution in [3.63, 3.8) is 0 Å². The molecule has 76 valence electrons. The molecule has 1 aromatic rings. The zero-order valence-corrected chi connectivity index (χ0v) is 8.22. The van der Waals surface area contributed by atoms with Gasteiger partial charge in [0.05, 0.1) is 7.11 Å². The maximum absolute atomic E-state index is 13.1. The molecule has 2 rings (SSSR count). The van der Waals surface area contributed by atoms with Crippen LogP contribution < -0.4 is 10.1 Å². The summed E-state index contributed by atoms with van der Waals surface area (Å²) >= 11 is 0. The van der Waals surface area contributed by atoms with Gasteiger partial charge in [-0.2, -0.15) is 0 Å². The van der Waals surface area contributed by atoms with Gasteiger partial charge >= 0.3 is 0 Å². The number of nitrogens with one attached hydrogen (secondary N) is 1. The lowest BCUT2D eigenvalue weighted by Crippen LogP contribution is -2.26. The Kier molecular flexibility index (Phi) is 2.57. The largest absolute Gasteiger partial charge is 0.497 e. The number of anilines is 1. The fourth-order valence-electron chi connectivity index (χ4n) is 1.55. The molecule has 1 aliphatic carbocycles. The summed E-state index contributed by atoms with van der Waals surface area (Å²) in [5.41, 5.74) is 0.812. The second kappa shape index (κ2) is 3.86. The number of halogens is 1. The Morgan fingerprint density at radius 2 is 2.14 bits per heavy atom. The van der Waals surface area contributed by atoms with E-state index in [0.29, 0.717) is 11.8 Å². The van der Waals surface area contributed by atoms with Gasteiger partial charge in [-0.3, -0.25) is 0 Å². The van der Waals surface area contributed by atoms with Crippen molar-refractivity contribution in [3.8, 4) is 5.75 Å². The normalized spacial score (nSPS) is 16.1. The predicted octanol–water partition coefficient (Wildman–Crippen LogP) is 2.80. The molecule has 1 N–H and O–H groups in total. The van der Waals surface area contributed by atoms with E-state index in [1.54, 1.807) is 7.11 Å². The van der Waals surface area contributed by atoms with E-state index in [2.05, 4.69) is 5.32 Å². The number of benzene rings is 1. The van der Waals surface area contributed by atoms with Crippen LogP contribution in [0.2, 0.25) is 0 Å². The third-order valence-corrected chi connectivity index (χ3v) is 2.58. The Hall–Kier alpha value is -1.25. The summed E-state index contributed by atoms with van der Waals surface area (Å²) in [6.07, 6.45) is 3.63. The average Bonchev–Trinajstić information content (AvgIpc) is 2.10. The van der Waals surface area contributed by atoms with Gasteiger partial charge in [-0.1, -0.05) is 0 Å². The van der Waals surface area contributed by atoms with Crippen LogP contribution in [0.3, 0.4) is 0 Å². The SMILES string of the molecule is COc1cc(F)cc(NC2CCC2)c1. The molecule has 1 aromatic carbocycles. The number of rotatable bonds is 3. The molecule has 0 atom stereocenters. The van der Waals surface area contributed by atoms with E-state index in [9.17, 15) is 4.39 Å². The smallest absolute Gasteiger partial charge is 0.128 e. The van der Waals surface area contributed by atoms with Crippen molar-refractivity contribution < 1.29 is 9.13 Å². The maximum atomic E-state index is 13.1. The summed E-state index contributed by atoms with van der Waals surface area (Å²) in [4.78, 5) is 0. The molecule has 2 nitrogen and oxygen atoms in total. The van der Waals surface area contributed by atoms with E-state index in [1.165, 1.54) is 31.4 Å². The topological polar surface area (TPSA) is 21.3 Å². The highest BCUT2D eigenvalue weighted by Gasteiger charge is 2.17. The molecule has 1 fully saturated rings. The van der Waals surface area contributed by atoms with E-state index in [1.807, 2.05) is 6.07 Å². The lowest BCUT2D eigenvalue weighted by atomic mass is 9.93. The number of hydrogen-bond acceptors (Lipinski definition) is 2. The van der Waals surface area contributed by atoms with Crippen molar-refractivity contribution in [3.05, 3.63) is 24.0 Å². The predicted molar refractivity (Wildman–Crippen MR) is 54.2 cm³/mol. The third kappa shape index (κ3) is 1.97. The van der Waals surface area contributed by atoms with E-state index < -0.39 is 0 Å². The van der Waals surface area contributed by atoms with Crippen LogP contribution in [0.4, 0.5) is 10.1 Å². The molecular formula is C11H14FNO. The molecule has 0 unspecified atom stereocenters. The van der Waals surface area contributed by atoms with Crippen LogP contribution in [-0.2, 0) is 0 Å². The van der Waals surface area contributed by atoms with Crippen molar-refractivity contribution in [2.75, 3.05) is 12.4 Å². The van der Waals surface area contributed by atoms with E-state index in [4.69, 9.17) is 4.74 Å². The van der Waals surface area contributed by atoms with E-state index >= 15 is 0 Å². The van der Waals surface area contributed by atoms with Crippen LogP contribution in [-0.4, -0.2) is 13.2 Å². The van der Waals surface area contributed by atoms with E-state index in [-0.39, 0.29) is 5.82 Å². The summed E-state index contributed by atoms with van der Waals surface area (Å²) in [5.74, 6) is 0.304. The van der Waals surface area contributed by atoms with E-state index in [0.717, 1.165) is 5.69 Å². The molecule has 0 radical (unpaired) electrons. The van der Waals surface area contributed by atoms with Crippen LogP contribution in [0.5, 0.6) is 5.75 Å². The lowest BCUT2D eigenvalue weighted by molar-refractivity contribution is 0.410. The molecular weight excluding hydrogens is 181 g/mol. The fourth-order valence-corrected chi connectivity index (χ4v) is 1.55. The first kappa shape index (κ1) is 9.31. The minimum absolute atomic E-state index is 0.258. The third-order valence-electron chi connectivity index (χ3n) is 2.58. The Labute approximate surface area is 83.1 Å². The van der Waals surface area contributed by atoms with Gasteiger partial charge in [-0.05, 0) is 25.3 Å². The molecule has 0 aliphatic heterocycles. The fraction of sp³-hybridized carbons (Fsp3) is 0.455. The molecule has 0 saturated heterocycles. The quantitative estimate of drug-likeness (QED) is 0.800. The van der Waals surface area contributed by atoms with Gasteiger partial charge in [0.2, 0.25) is 0 Å². The second-order valence-corrected chi connectivity index (χ2v) is 3.65. The van der Waals surface area contributed by atoms with Gasteiger partial charge in [0.25, 0.3) is 0 Å². The van der Waals surface area contributed by atoms with Crippen LogP contribution in [0.25, 0.3) is 0 Å².